The number of carbonyl (C=O) groups excluding carboxylic acids is 1. The van der Waals surface area contributed by atoms with E-state index in [0.29, 0.717) is 35.9 Å². The van der Waals surface area contributed by atoms with Crippen molar-refractivity contribution in [2.24, 2.45) is 0 Å². The van der Waals surface area contributed by atoms with Crippen molar-refractivity contribution in [1.29, 1.82) is 5.26 Å². The predicted octanol–water partition coefficient (Wildman–Crippen LogP) is 1.64. The van der Waals surface area contributed by atoms with Gasteiger partial charge in [-0.1, -0.05) is 0 Å². The van der Waals surface area contributed by atoms with Crippen molar-refractivity contribution in [2.45, 2.75) is 6.92 Å². The molecule has 0 aromatic carbocycles. The van der Waals surface area contributed by atoms with Crippen LogP contribution in [-0.2, 0) is 0 Å². The summed E-state index contributed by atoms with van der Waals surface area (Å²) in [7, 11) is 2.04. The number of hydrogen-bond donors (Lipinski definition) is 0. The largest absolute Gasteiger partial charge is 0.443 e. The summed E-state index contributed by atoms with van der Waals surface area (Å²) in [6.07, 6.45) is 3.59. The highest BCUT2D eigenvalue weighted by Crippen LogP contribution is 2.26. The third-order valence-corrected chi connectivity index (χ3v) is 4.02. The average molecular weight is 298 g/mol. The molecule has 0 atom stereocenters. The van der Waals surface area contributed by atoms with Crippen LogP contribution in [0.15, 0.2) is 28.9 Å². The van der Waals surface area contributed by atoms with Gasteiger partial charge in [0.1, 0.15) is 23.0 Å². The molecule has 0 N–H and O–H groups in total. The summed E-state index contributed by atoms with van der Waals surface area (Å²) in [4.78, 5) is 16.7. The summed E-state index contributed by atoms with van der Waals surface area (Å²) in [5.74, 6) is 0.774. The van der Waals surface area contributed by atoms with Gasteiger partial charge in [0.15, 0.2) is 0 Å². The molecule has 2 aromatic rings. The molecule has 0 spiro atoms. The molecule has 1 aliphatic heterocycles. The SMILES string of the molecule is Cc1oc(-n2cccc2)c(C#N)c1C(=O)N1CCN(C)CC1. The van der Waals surface area contributed by atoms with Crippen molar-refractivity contribution in [1.82, 2.24) is 14.4 Å². The van der Waals surface area contributed by atoms with Crippen LogP contribution in [0.1, 0.15) is 21.7 Å². The van der Waals surface area contributed by atoms with Crippen LogP contribution in [0.3, 0.4) is 0 Å². The molecular formula is C16H18N4O2. The summed E-state index contributed by atoms with van der Waals surface area (Å²) < 4.78 is 7.41. The highest BCUT2D eigenvalue weighted by molar-refractivity contribution is 5.98. The Kier molecular flexibility index (Phi) is 3.73. The number of aromatic nitrogens is 1. The lowest BCUT2D eigenvalue weighted by molar-refractivity contribution is 0.0662. The number of nitriles is 1. The predicted molar refractivity (Wildman–Crippen MR) is 80.9 cm³/mol. The molecule has 1 fully saturated rings. The van der Waals surface area contributed by atoms with Gasteiger partial charge < -0.3 is 14.2 Å². The number of hydrogen-bond acceptors (Lipinski definition) is 4. The van der Waals surface area contributed by atoms with E-state index < -0.39 is 0 Å². The molecule has 6 heteroatoms. The van der Waals surface area contributed by atoms with Crippen molar-refractivity contribution in [2.75, 3.05) is 33.2 Å². The van der Waals surface area contributed by atoms with Crippen LogP contribution in [0.4, 0.5) is 0 Å². The summed E-state index contributed by atoms with van der Waals surface area (Å²) in [6.45, 7) is 4.76. The summed E-state index contributed by atoms with van der Waals surface area (Å²) in [5, 5.41) is 9.50. The van der Waals surface area contributed by atoms with E-state index in [4.69, 9.17) is 4.42 Å². The number of amides is 1. The molecule has 3 heterocycles. The van der Waals surface area contributed by atoms with Gasteiger partial charge in [-0.2, -0.15) is 5.26 Å². The van der Waals surface area contributed by atoms with E-state index >= 15 is 0 Å². The van der Waals surface area contributed by atoms with Gasteiger partial charge in [0.2, 0.25) is 5.88 Å². The lowest BCUT2D eigenvalue weighted by Gasteiger charge is -2.32. The Hall–Kier alpha value is -2.52. The lowest BCUT2D eigenvalue weighted by atomic mass is 10.1. The number of carbonyl (C=O) groups is 1. The zero-order chi connectivity index (χ0) is 15.7. The topological polar surface area (TPSA) is 65.4 Å². The van der Waals surface area contributed by atoms with Crippen LogP contribution in [0, 0.1) is 18.3 Å². The fraction of sp³-hybridized carbons (Fsp3) is 0.375. The second-order valence-electron chi connectivity index (χ2n) is 5.51. The van der Waals surface area contributed by atoms with Crippen molar-refractivity contribution < 1.29 is 9.21 Å². The number of likely N-dealkylation sites (N-methyl/N-ethyl adjacent to an activating group) is 1. The van der Waals surface area contributed by atoms with Crippen LogP contribution >= 0.6 is 0 Å². The molecule has 0 bridgehead atoms. The van der Waals surface area contributed by atoms with Gasteiger partial charge in [-0.3, -0.25) is 9.36 Å². The second kappa shape index (κ2) is 5.70. The van der Waals surface area contributed by atoms with Gasteiger partial charge >= 0.3 is 0 Å². The number of aryl methyl sites for hydroxylation is 1. The lowest BCUT2D eigenvalue weighted by Crippen LogP contribution is -2.47. The Bertz CT molecular complexity index is 716. The van der Waals surface area contributed by atoms with Crippen LogP contribution < -0.4 is 0 Å². The molecule has 114 valence electrons. The number of nitrogens with zero attached hydrogens (tertiary/aromatic N) is 4. The van der Waals surface area contributed by atoms with Crippen molar-refractivity contribution in [3.05, 3.63) is 41.4 Å². The number of furan rings is 1. The first-order chi connectivity index (χ1) is 10.6. The second-order valence-corrected chi connectivity index (χ2v) is 5.51. The Morgan fingerprint density at radius 2 is 1.86 bits per heavy atom. The van der Waals surface area contributed by atoms with Crippen molar-refractivity contribution >= 4 is 5.91 Å². The Morgan fingerprint density at radius 3 is 2.45 bits per heavy atom. The number of piperazine rings is 1. The van der Waals surface area contributed by atoms with Crippen molar-refractivity contribution in [3.63, 3.8) is 0 Å². The molecule has 0 radical (unpaired) electrons. The van der Waals surface area contributed by atoms with Gasteiger partial charge in [-0.15, -0.1) is 0 Å². The fourth-order valence-corrected chi connectivity index (χ4v) is 2.71. The first kappa shape index (κ1) is 14.4. The van der Waals surface area contributed by atoms with Crippen LogP contribution in [0.5, 0.6) is 0 Å². The van der Waals surface area contributed by atoms with E-state index in [0.717, 1.165) is 13.1 Å². The zero-order valence-electron chi connectivity index (χ0n) is 12.7. The summed E-state index contributed by atoms with van der Waals surface area (Å²) >= 11 is 0. The van der Waals surface area contributed by atoms with E-state index in [1.165, 1.54) is 0 Å². The minimum Gasteiger partial charge on any atom is -0.443 e. The monoisotopic (exact) mass is 298 g/mol. The van der Waals surface area contributed by atoms with E-state index in [1.807, 2.05) is 19.2 Å². The fourth-order valence-electron chi connectivity index (χ4n) is 2.71. The molecule has 3 rings (SSSR count). The van der Waals surface area contributed by atoms with E-state index in [-0.39, 0.29) is 5.91 Å². The molecule has 22 heavy (non-hydrogen) atoms. The molecule has 0 saturated carbocycles. The first-order valence-corrected chi connectivity index (χ1v) is 7.26. The molecule has 1 amide bonds. The van der Waals surface area contributed by atoms with Gasteiger partial charge in [0.25, 0.3) is 5.91 Å². The quantitative estimate of drug-likeness (QED) is 0.845. The van der Waals surface area contributed by atoms with Gasteiger partial charge in [-0.25, -0.2) is 0 Å². The summed E-state index contributed by atoms with van der Waals surface area (Å²) in [6, 6.07) is 5.83. The normalized spacial score (nSPS) is 15.8. The Labute approximate surface area is 129 Å². The smallest absolute Gasteiger partial charge is 0.258 e. The molecule has 0 aliphatic carbocycles. The molecule has 1 saturated heterocycles. The Balaban J connectivity index is 1.97. The molecular weight excluding hydrogens is 280 g/mol. The molecule has 1 aliphatic rings. The van der Waals surface area contributed by atoms with Crippen LogP contribution in [-0.4, -0.2) is 53.5 Å². The number of rotatable bonds is 2. The maximum Gasteiger partial charge on any atom is 0.258 e. The zero-order valence-corrected chi connectivity index (χ0v) is 12.7. The minimum absolute atomic E-state index is 0.121. The highest BCUT2D eigenvalue weighted by Gasteiger charge is 2.29. The van der Waals surface area contributed by atoms with E-state index in [1.54, 1.807) is 28.8 Å². The van der Waals surface area contributed by atoms with Gasteiger partial charge in [-0.05, 0) is 26.1 Å². The van der Waals surface area contributed by atoms with Crippen LogP contribution in [0.2, 0.25) is 0 Å². The van der Waals surface area contributed by atoms with Crippen LogP contribution in [0.25, 0.3) is 5.88 Å². The maximum absolute atomic E-state index is 12.8. The Morgan fingerprint density at radius 1 is 1.23 bits per heavy atom. The first-order valence-electron chi connectivity index (χ1n) is 7.26. The average Bonchev–Trinajstić information content (AvgIpc) is 3.14. The molecule has 6 nitrogen and oxygen atoms in total. The minimum atomic E-state index is -0.121. The van der Waals surface area contributed by atoms with Gasteiger partial charge in [0.05, 0.1) is 0 Å². The van der Waals surface area contributed by atoms with E-state index in [2.05, 4.69) is 11.0 Å². The highest BCUT2D eigenvalue weighted by atomic mass is 16.4. The van der Waals surface area contributed by atoms with E-state index in [9.17, 15) is 10.1 Å². The third kappa shape index (κ3) is 2.40. The molecule has 0 unspecified atom stereocenters. The maximum atomic E-state index is 12.8. The standard InChI is InChI=1S/C16H18N4O2/c1-12-14(15(21)19-9-7-18(2)8-10-19)13(11-17)16(22-12)20-5-3-4-6-20/h3-6H,7-10H2,1-2H3. The molecule has 2 aromatic heterocycles. The third-order valence-electron chi connectivity index (χ3n) is 4.02. The van der Waals surface area contributed by atoms with Gasteiger partial charge in [0, 0.05) is 38.6 Å². The van der Waals surface area contributed by atoms with Crippen molar-refractivity contribution in [3.8, 4) is 12.0 Å². The summed E-state index contributed by atoms with van der Waals surface area (Å²) in [5.41, 5.74) is 0.688.